The standard InChI is InChI=1S/C19H40N2/c1-3-4-5-6-7-8-9-11-14-20-17-19(2)18-21-15-12-10-13-16-21/h19-20H,3-18H2,1-2H3. The van der Waals surface area contributed by atoms with Crippen LogP contribution in [0.2, 0.25) is 0 Å². The first-order chi connectivity index (χ1) is 10.3. The van der Waals surface area contributed by atoms with Gasteiger partial charge in [-0.15, -0.1) is 0 Å². The van der Waals surface area contributed by atoms with E-state index in [1.54, 1.807) is 0 Å². The fourth-order valence-corrected chi connectivity index (χ4v) is 3.38. The van der Waals surface area contributed by atoms with E-state index < -0.39 is 0 Å². The molecule has 1 unspecified atom stereocenters. The monoisotopic (exact) mass is 296 g/mol. The summed E-state index contributed by atoms with van der Waals surface area (Å²) >= 11 is 0. The molecule has 0 aromatic rings. The van der Waals surface area contributed by atoms with Crippen LogP contribution in [0.1, 0.15) is 84.5 Å². The first kappa shape index (κ1) is 19.0. The Labute approximate surface area is 134 Å². The Balaban J connectivity index is 1.80. The molecule has 0 bridgehead atoms. The number of nitrogens with zero attached hydrogens (tertiary/aromatic N) is 1. The Kier molecular flexibility index (Phi) is 12.3. The summed E-state index contributed by atoms with van der Waals surface area (Å²) in [6, 6.07) is 0. The largest absolute Gasteiger partial charge is 0.316 e. The molecule has 1 N–H and O–H groups in total. The minimum Gasteiger partial charge on any atom is -0.316 e. The molecule has 1 aliphatic heterocycles. The molecule has 0 aromatic heterocycles. The van der Waals surface area contributed by atoms with Crippen molar-refractivity contribution in [2.45, 2.75) is 84.5 Å². The molecular formula is C19H40N2. The van der Waals surface area contributed by atoms with Crippen LogP contribution >= 0.6 is 0 Å². The van der Waals surface area contributed by atoms with Gasteiger partial charge < -0.3 is 10.2 Å². The minimum absolute atomic E-state index is 0.803. The molecule has 2 heteroatoms. The SMILES string of the molecule is CCCCCCCCCCNCC(C)CN1CCCCC1. The van der Waals surface area contributed by atoms with Gasteiger partial charge in [0.15, 0.2) is 0 Å². The third kappa shape index (κ3) is 11.2. The van der Waals surface area contributed by atoms with Crippen LogP contribution in [0.15, 0.2) is 0 Å². The average molecular weight is 297 g/mol. The average Bonchev–Trinajstić information content (AvgIpc) is 2.50. The maximum Gasteiger partial charge on any atom is 0.00191 e. The number of unbranched alkanes of at least 4 members (excludes halogenated alkanes) is 7. The van der Waals surface area contributed by atoms with E-state index in [-0.39, 0.29) is 0 Å². The van der Waals surface area contributed by atoms with Crippen LogP contribution in [-0.2, 0) is 0 Å². The van der Waals surface area contributed by atoms with Crippen LogP contribution in [0.4, 0.5) is 0 Å². The summed E-state index contributed by atoms with van der Waals surface area (Å²) in [5, 5.41) is 3.66. The second-order valence-corrected chi connectivity index (χ2v) is 7.15. The number of hydrogen-bond donors (Lipinski definition) is 1. The Bertz CT molecular complexity index is 212. The molecule has 1 atom stereocenters. The van der Waals surface area contributed by atoms with E-state index in [1.165, 1.54) is 103 Å². The molecular weight excluding hydrogens is 256 g/mol. The maximum absolute atomic E-state index is 3.66. The van der Waals surface area contributed by atoms with Crippen molar-refractivity contribution in [2.75, 3.05) is 32.7 Å². The van der Waals surface area contributed by atoms with E-state index in [2.05, 4.69) is 24.1 Å². The summed E-state index contributed by atoms with van der Waals surface area (Å²) in [4.78, 5) is 2.66. The van der Waals surface area contributed by atoms with Gasteiger partial charge in [0.25, 0.3) is 0 Å². The lowest BCUT2D eigenvalue weighted by molar-refractivity contribution is 0.199. The zero-order chi connectivity index (χ0) is 15.2. The van der Waals surface area contributed by atoms with Gasteiger partial charge in [-0.05, 0) is 51.4 Å². The second-order valence-electron chi connectivity index (χ2n) is 7.15. The summed E-state index contributed by atoms with van der Waals surface area (Å²) in [5.74, 6) is 0.803. The van der Waals surface area contributed by atoms with Crippen molar-refractivity contribution in [3.05, 3.63) is 0 Å². The van der Waals surface area contributed by atoms with Gasteiger partial charge in [0.2, 0.25) is 0 Å². The van der Waals surface area contributed by atoms with Crippen molar-refractivity contribution < 1.29 is 0 Å². The highest BCUT2D eigenvalue weighted by molar-refractivity contribution is 4.68. The number of likely N-dealkylation sites (tertiary alicyclic amines) is 1. The Morgan fingerprint density at radius 3 is 2.14 bits per heavy atom. The van der Waals surface area contributed by atoms with Gasteiger partial charge in [0.1, 0.15) is 0 Å². The number of rotatable bonds is 13. The van der Waals surface area contributed by atoms with Gasteiger partial charge in [-0.2, -0.15) is 0 Å². The lowest BCUT2D eigenvalue weighted by Crippen LogP contribution is -2.36. The summed E-state index contributed by atoms with van der Waals surface area (Å²) in [6.07, 6.45) is 15.6. The van der Waals surface area contributed by atoms with Crippen molar-refractivity contribution >= 4 is 0 Å². The zero-order valence-corrected chi connectivity index (χ0v) is 14.8. The van der Waals surface area contributed by atoms with E-state index in [1.807, 2.05) is 0 Å². The fourth-order valence-electron chi connectivity index (χ4n) is 3.38. The van der Waals surface area contributed by atoms with Crippen LogP contribution in [-0.4, -0.2) is 37.6 Å². The van der Waals surface area contributed by atoms with E-state index in [9.17, 15) is 0 Å². The van der Waals surface area contributed by atoms with E-state index >= 15 is 0 Å². The lowest BCUT2D eigenvalue weighted by Gasteiger charge is -2.29. The summed E-state index contributed by atoms with van der Waals surface area (Å²) in [6.45, 7) is 11.1. The molecule has 1 rings (SSSR count). The van der Waals surface area contributed by atoms with Crippen molar-refractivity contribution in [3.63, 3.8) is 0 Å². The van der Waals surface area contributed by atoms with Crippen LogP contribution in [0.3, 0.4) is 0 Å². The molecule has 1 aliphatic rings. The number of nitrogens with one attached hydrogen (secondary N) is 1. The zero-order valence-electron chi connectivity index (χ0n) is 14.8. The topological polar surface area (TPSA) is 15.3 Å². The Morgan fingerprint density at radius 2 is 1.48 bits per heavy atom. The normalized spacial score (nSPS) is 18.0. The highest BCUT2D eigenvalue weighted by Crippen LogP contribution is 2.11. The molecule has 0 aromatic carbocycles. The van der Waals surface area contributed by atoms with Gasteiger partial charge in [0, 0.05) is 6.54 Å². The Morgan fingerprint density at radius 1 is 0.857 bits per heavy atom. The maximum atomic E-state index is 3.66. The predicted octanol–water partition coefficient (Wildman–Crippen LogP) is 4.84. The molecule has 1 fully saturated rings. The first-order valence-electron chi connectivity index (χ1n) is 9.76. The third-order valence-corrected chi connectivity index (χ3v) is 4.72. The van der Waals surface area contributed by atoms with Crippen molar-refractivity contribution in [1.82, 2.24) is 10.2 Å². The number of piperidine rings is 1. The molecule has 0 radical (unpaired) electrons. The van der Waals surface area contributed by atoms with Crippen LogP contribution in [0, 0.1) is 5.92 Å². The first-order valence-corrected chi connectivity index (χ1v) is 9.76. The summed E-state index contributed by atoms with van der Waals surface area (Å²) in [7, 11) is 0. The van der Waals surface area contributed by atoms with Crippen LogP contribution < -0.4 is 5.32 Å². The molecule has 2 nitrogen and oxygen atoms in total. The molecule has 0 spiro atoms. The second kappa shape index (κ2) is 13.6. The van der Waals surface area contributed by atoms with Gasteiger partial charge in [-0.1, -0.05) is 65.2 Å². The molecule has 0 amide bonds. The van der Waals surface area contributed by atoms with E-state index in [0.717, 1.165) is 5.92 Å². The third-order valence-electron chi connectivity index (χ3n) is 4.72. The van der Waals surface area contributed by atoms with Gasteiger partial charge in [-0.3, -0.25) is 0 Å². The number of hydrogen-bond acceptors (Lipinski definition) is 2. The minimum atomic E-state index is 0.803. The predicted molar refractivity (Wildman–Crippen MR) is 94.9 cm³/mol. The smallest absolute Gasteiger partial charge is 0.00191 e. The van der Waals surface area contributed by atoms with Crippen molar-refractivity contribution in [1.29, 1.82) is 0 Å². The van der Waals surface area contributed by atoms with Gasteiger partial charge >= 0.3 is 0 Å². The molecule has 1 saturated heterocycles. The van der Waals surface area contributed by atoms with E-state index in [0.29, 0.717) is 0 Å². The van der Waals surface area contributed by atoms with Crippen LogP contribution in [0.25, 0.3) is 0 Å². The summed E-state index contributed by atoms with van der Waals surface area (Å²) in [5.41, 5.74) is 0. The fraction of sp³-hybridized carbons (Fsp3) is 1.00. The van der Waals surface area contributed by atoms with Crippen LogP contribution in [0.5, 0.6) is 0 Å². The molecule has 0 aliphatic carbocycles. The highest BCUT2D eigenvalue weighted by Gasteiger charge is 2.12. The highest BCUT2D eigenvalue weighted by atomic mass is 15.1. The summed E-state index contributed by atoms with van der Waals surface area (Å²) < 4.78 is 0. The molecule has 126 valence electrons. The Hall–Kier alpha value is -0.0800. The van der Waals surface area contributed by atoms with Crippen molar-refractivity contribution in [2.24, 2.45) is 5.92 Å². The van der Waals surface area contributed by atoms with Crippen molar-refractivity contribution in [3.8, 4) is 0 Å². The van der Waals surface area contributed by atoms with Gasteiger partial charge in [-0.25, -0.2) is 0 Å². The quantitative estimate of drug-likeness (QED) is 0.489. The van der Waals surface area contributed by atoms with E-state index in [4.69, 9.17) is 0 Å². The lowest BCUT2D eigenvalue weighted by atomic mass is 10.1. The molecule has 21 heavy (non-hydrogen) atoms. The molecule has 1 heterocycles. The molecule has 0 saturated carbocycles. The van der Waals surface area contributed by atoms with Gasteiger partial charge in [0.05, 0.1) is 0 Å².